The Morgan fingerprint density at radius 3 is 2.57 bits per heavy atom. The van der Waals surface area contributed by atoms with Crippen LogP contribution in [0.25, 0.3) is 0 Å². The van der Waals surface area contributed by atoms with Gasteiger partial charge in [-0.15, -0.1) is 0 Å². The molecule has 154 valence electrons. The van der Waals surface area contributed by atoms with Gasteiger partial charge in [-0.3, -0.25) is 19.4 Å². The number of carboxylic acids is 1. The lowest BCUT2D eigenvalue weighted by molar-refractivity contribution is -0.144. The van der Waals surface area contributed by atoms with E-state index in [4.69, 9.17) is 9.47 Å². The fourth-order valence-corrected chi connectivity index (χ4v) is 4.20. The second kappa shape index (κ2) is 9.25. The number of carboxylic acid groups (broad SMARTS) is 1. The van der Waals surface area contributed by atoms with E-state index in [2.05, 4.69) is 10.2 Å². The first-order valence-electron chi connectivity index (χ1n) is 9.73. The van der Waals surface area contributed by atoms with Crippen LogP contribution in [0.5, 0.6) is 11.5 Å². The highest BCUT2D eigenvalue weighted by molar-refractivity contribution is 5.77. The van der Waals surface area contributed by atoms with Crippen molar-refractivity contribution in [3.8, 4) is 11.5 Å². The highest BCUT2D eigenvalue weighted by Gasteiger charge is 2.35. The van der Waals surface area contributed by atoms with Crippen LogP contribution in [0.15, 0.2) is 18.2 Å². The number of likely N-dealkylation sites (tertiary alicyclic amines) is 1. The molecule has 1 aromatic rings. The van der Waals surface area contributed by atoms with Crippen molar-refractivity contribution in [1.29, 1.82) is 0 Å². The molecule has 1 atom stereocenters. The summed E-state index contributed by atoms with van der Waals surface area (Å²) in [5, 5.41) is 12.9. The molecule has 2 saturated heterocycles. The van der Waals surface area contributed by atoms with Crippen LogP contribution in [0, 0.1) is 0 Å². The van der Waals surface area contributed by atoms with Gasteiger partial charge in [-0.2, -0.15) is 0 Å². The van der Waals surface area contributed by atoms with Crippen molar-refractivity contribution in [3.05, 3.63) is 23.8 Å². The molecule has 2 heterocycles. The summed E-state index contributed by atoms with van der Waals surface area (Å²) in [4.78, 5) is 28.1. The minimum atomic E-state index is -0.894. The Hall–Kier alpha value is -2.32. The zero-order valence-electron chi connectivity index (χ0n) is 16.5. The third-order valence-electron chi connectivity index (χ3n) is 5.69. The summed E-state index contributed by atoms with van der Waals surface area (Å²) < 4.78 is 10.7. The van der Waals surface area contributed by atoms with Crippen molar-refractivity contribution in [3.63, 3.8) is 0 Å². The topological polar surface area (TPSA) is 91.3 Å². The third kappa shape index (κ3) is 4.56. The molecular weight excluding hydrogens is 362 g/mol. The first-order chi connectivity index (χ1) is 13.5. The second-order valence-electron chi connectivity index (χ2n) is 7.25. The number of nitrogens with zero attached hydrogens (tertiary/aromatic N) is 2. The van der Waals surface area contributed by atoms with Crippen molar-refractivity contribution in [2.45, 2.75) is 31.3 Å². The SMILES string of the molecule is COc1ccc(OC)c([C@@H](C(=O)O)N2CCC(N3CCNC(=O)CC3)CC2)c1. The van der Waals surface area contributed by atoms with Gasteiger partial charge in [0.2, 0.25) is 5.91 Å². The summed E-state index contributed by atoms with van der Waals surface area (Å²) in [5.74, 6) is 0.372. The molecule has 1 amide bonds. The molecule has 2 fully saturated rings. The smallest absolute Gasteiger partial charge is 0.325 e. The van der Waals surface area contributed by atoms with E-state index in [-0.39, 0.29) is 5.91 Å². The molecule has 3 rings (SSSR count). The monoisotopic (exact) mass is 391 g/mol. The molecule has 28 heavy (non-hydrogen) atoms. The van der Waals surface area contributed by atoms with E-state index >= 15 is 0 Å². The summed E-state index contributed by atoms with van der Waals surface area (Å²) in [5.41, 5.74) is 0.609. The van der Waals surface area contributed by atoms with Gasteiger partial charge in [0, 0.05) is 50.7 Å². The molecule has 1 aromatic carbocycles. The van der Waals surface area contributed by atoms with Gasteiger partial charge in [0.1, 0.15) is 17.5 Å². The second-order valence-corrected chi connectivity index (χ2v) is 7.25. The zero-order chi connectivity index (χ0) is 20.1. The molecule has 0 radical (unpaired) electrons. The average Bonchev–Trinajstić information content (AvgIpc) is 2.93. The summed E-state index contributed by atoms with van der Waals surface area (Å²) >= 11 is 0. The zero-order valence-corrected chi connectivity index (χ0v) is 16.5. The predicted molar refractivity (Wildman–Crippen MR) is 104 cm³/mol. The number of nitrogens with one attached hydrogen (secondary N) is 1. The van der Waals surface area contributed by atoms with Gasteiger partial charge in [-0.25, -0.2) is 0 Å². The number of piperidine rings is 1. The number of aliphatic carboxylic acids is 1. The summed E-state index contributed by atoms with van der Waals surface area (Å²) in [6.45, 7) is 3.66. The van der Waals surface area contributed by atoms with Crippen molar-refractivity contribution >= 4 is 11.9 Å². The van der Waals surface area contributed by atoms with E-state index in [1.165, 1.54) is 0 Å². The van der Waals surface area contributed by atoms with Gasteiger partial charge >= 0.3 is 5.97 Å². The standard InChI is InChI=1S/C20H29N3O5/c1-27-15-3-4-17(28-2)16(13-15)19(20(25)26)23-9-5-14(6-10-23)22-11-7-18(24)21-8-12-22/h3-4,13-14,19H,5-12H2,1-2H3,(H,21,24)(H,25,26)/t19-/m0/s1. The Kier molecular flexibility index (Phi) is 6.74. The summed E-state index contributed by atoms with van der Waals surface area (Å²) in [7, 11) is 3.11. The van der Waals surface area contributed by atoms with Gasteiger partial charge in [-0.05, 0) is 31.0 Å². The molecule has 2 aliphatic rings. The predicted octanol–water partition coefficient (Wildman–Crippen LogP) is 1.12. The Balaban J connectivity index is 1.72. The number of methoxy groups -OCH3 is 2. The Morgan fingerprint density at radius 1 is 1.18 bits per heavy atom. The number of benzene rings is 1. The highest BCUT2D eigenvalue weighted by Crippen LogP contribution is 2.35. The molecular formula is C20H29N3O5. The molecule has 0 bridgehead atoms. The van der Waals surface area contributed by atoms with E-state index in [0.29, 0.717) is 49.2 Å². The fourth-order valence-electron chi connectivity index (χ4n) is 4.20. The third-order valence-corrected chi connectivity index (χ3v) is 5.69. The summed E-state index contributed by atoms with van der Waals surface area (Å²) in [6, 6.07) is 4.86. The van der Waals surface area contributed by atoms with Crippen LogP contribution in [0.2, 0.25) is 0 Å². The molecule has 2 aliphatic heterocycles. The molecule has 0 saturated carbocycles. The molecule has 0 spiro atoms. The quantitative estimate of drug-likeness (QED) is 0.751. The maximum atomic E-state index is 12.1. The minimum Gasteiger partial charge on any atom is -0.497 e. The number of amides is 1. The molecule has 2 N–H and O–H groups in total. The van der Waals surface area contributed by atoms with Crippen molar-refractivity contribution in [2.75, 3.05) is 46.9 Å². The van der Waals surface area contributed by atoms with E-state index in [1.54, 1.807) is 32.4 Å². The first-order valence-corrected chi connectivity index (χ1v) is 9.73. The van der Waals surface area contributed by atoms with Crippen LogP contribution < -0.4 is 14.8 Å². The van der Waals surface area contributed by atoms with Crippen molar-refractivity contribution in [2.24, 2.45) is 0 Å². The van der Waals surface area contributed by atoms with Gasteiger partial charge < -0.3 is 19.9 Å². The van der Waals surface area contributed by atoms with E-state index in [9.17, 15) is 14.7 Å². The number of rotatable bonds is 6. The van der Waals surface area contributed by atoms with Gasteiger partial charge in [0.05, 0.1) is 14.2 Å². The van der Waals surface area contributed by atoms with Crippen LogP contribution in [0.4, 0.5) is 0 Å². The van der Waals surface area contributed by atoms with Crippen LogP contribution >= 0.6 is 0 Å². The van der Waals surface area contributed by atoms with Crippen molar-refractivity contribution < 1.29 is 24.2 Å². The van der Waals surface area contributed by atoms with Gasteiger partial charge in [0.25, 0.3) is 0 Å². The lowest BCUT2D eigenvalue weighted by Gasteiger charge is -2.40. The molecule has 0 aliphatic carbocycles. The largest absolute Gasteiger partial charge is 0.497 e. The lowest BCUT2D eigenvalue weighted by Crippen LogP contribution is -2.48. The molecule has 8 nitrogen and oxygen atoms in total. The number of hydrogen-bond donors (Lipinski definition) is 2. The van der Waals surface area contributed by atoms with Crippen molar-refractivity contribution in [1.82, 2.24) is 15.1 Å². The van der Waals surface area contributed by atoms with Crippen LogP contribution in [0.3, 0.4) is 0 Å². The number of hydrogen-bond acceptors (Lipinski definition) is 6. The highest BCUT2D eigenvalue weighted by atomic mass is 16.5. The Labute approximate surface area is 165 Å². The normalized spacial score (nSPS) is 20.9. The van der Waals surface area contributed by atoms with E-state index < -0.39 is 12.0 Å². The molecule has 0 unspecified atom stereocenters. The number of ether oxygens (including phenoxy) is 2. The molecule has 8 heteroatoms. The first kappa shape index (κ1) is 20.4. The van der Waals surface area contributed by atoms with Crippen LogP contribution in [-0.4, -0.2) is 79.8 Å². The Bertz CT molecular complexity index is 703. The van der Waals surface area contributed by atoms with E-state index in [1.807, 2.05) is 4.90 Å². The Morgan fingerprint density at radius 2 is 1.93 bits per heavy atom. The molecule has 0 aromatic heterocycles. The van der Waals surface area contributed by atoms with E-state index in [0.717, 1.165) is 25.9 Å². The van der Waals surface area contributed by atoms with Gasteiger partial charge in [0.15, 0.2) is 0 Å². The average molecular weight is 391 g/mol. The lowest BCUT2D eigenvalue weighted by atomic mass is 9.97. The minimum absolute atomic E-state index is 0.107. The number of carbonyl (C=O) groups excluding carboxylic acids is 1. The number of carbonyl (C=O) groups is 2. The maximum absolute atomic E-state index is 12.1. The van der Waals surface area contributed by atoms with Gasteiger partial charge in [-0.1, -0.05) is 0 Å². The van der Waals surface area contributed by atoms with Crippen LogP contribution in [0.1, 0.15) is 30.9 Å². The van der Waals surface area contributed by atoms with Crippen LogP contribution in [-0.2, 0) is 9.59 Å². The fraction of sp³-hybridized carbons (Fsp3) is 0.600. The maximum Gasteiger partial charge on any atom is 0.325 e. The summed E-state index contributed by atoms with van der Waals surface area (Å²) in [6.07, 6.45) is 2.29.